The van der Waals surface area contributed by atoms with Gasteiger partial charge in [-0.1, -0.05) is 0 Å². The van der Waals surface area contributed by atoms with Gasteiger partial charge in [0.1, 0.15) is 5.65 Å². The average molecular weight is 245 g/mol. The van der Waals surface area contributed by atoms with Gasteiger partial charge in [-0.15, -0.1) is 0 Å². The molecule has 1 aliphatic heterocycles. The number of hydrogen-bond donors (Lipinski definition) is 0. The van der Waals surface area contributed by atoms with Crippen molar-refractivity contribution in [2.24, 2.45) is 7.05 Å². The monoisotopic (exact) mass is 245 g/mol. The lowest BCUT2D eigenvalue weighted by atomic mass is 10.1. The molecule has 96 valence electrons. The van der Waals surface area contributed by atoms with Crippen molar-refractivity contribution in [2.45, 2.75) is 12.8 Å². The molecule has 0 fully saturated rings. The highest BCUT2D eigenvalue weighted by atomic mass is 16.5. The summed E-state index contributed by atoms with van der Waals surface area (Å²) in [4.78, 5) is 6.97. The zero-order valence-electron chi connectivity index (χ0n) is 11.2. The molecule has 3 heterocycles. The molecule has 0 aliphatic carbocycles. The number of ether oxygens (including phenoxy) is 1. The predicted molar refractivity (Wildman–Crippen MR) is 72.2 cm³/mol. The van der Waals surface area contributed by atoms with Crippen LogP contribution in [0.4, 0.5) is 0 Å². The molecule has 0 N–H and O–H groups in total. The summed E-state index contributed by atoms with van der Waals surface area (Å²) in [6.07, 6.45) is 2.21. The maximum Gasteiger partial charge on any atom is 0.214 e. The van der Waals surface area contributed by atoms with E-state index < -0.39 is 0 Å². The summed E-state index contributed by atoms with van der Waals surface area (Å²) >= 11 is 0. The van der Waals surface area contributed by atoms with E-state index in [9.17, 15) is 0 Å². The van der Waals surface area contributed by atoms with E-state index in [1.165, 1.54) is 16.6 Å². The van der Waals surface area contributed by atoms with E-state index in [4.69, 9.17) is 4.74 Å². The van der Waals surface area contributed by atoms with Gasteiger partial charge in [0, 0.05) is 43.7 Å². The van der Waals surface area contributed by atoms with Gasteiger partial charge in [0.05, 0.1) is 7.11 Å². The Bertz CT molecular complexity index is 588. The second kappa shape index (κ2) is 4.28. The van der Waals surface area contributed by atoms with Crippen molar-refractivity contribution in [2.75, 3.05) is 27.2 Å². The fourth-order valence-corrected chi connectivity index (χ4v) is 2.83. The summed E-state index contributed by atoms with van der Waals surface area (Å²) < 4.78 is 7.45. The SMILES string of the molecule is COc1ccc2c3c(n(C)c2n1)CCN(C)CC3. The highest BCUT2D eigenvalue weighted by Gasteiger charge is 2.19. The van der Waals surface area contributed by atoms with E-state index >= 15 is 0 Å². The Hall–Kier alpha value is -1.55. The summed E-state index contributed by atoms with van der Waals surface area (Å²) in [6.45, 7) is 2.24. The van der Waals surface area contributed by atoms with Gasteiger partial charge in [-0.3, -0.25) is 0 Å². The van der Waals surface area contributed by atoms with Gasteiger partial charge < -0.3 is 14.2 Å². The first-order valence-electron chi connectivity index (χ1n) is 6.40. The first-order chi connectivity index (χ1) is 8.70. The molecule has 4 heteroatoms. The second-order valence-corrected chi connectivity index (χ2v) is 5.01. The van der Waals surface area contributed by atoms with Gasteiger partial charge in [0.25, 0.3) is 0 Å². The fraction of sp³-hybridized carbons (Fsp3) is 0.500. The first-order valence-corrected chi connectivity index (χ1v) is 6.40. The smallest absolute Gasteiger partial charge is 0.214 e. The lowest BCUT2D eigenvalue weighted by Crippen LogP contribution is -2.21. The largest absolute Gasteiger partial charge is 0.481 e. The third-order valence-electron chi connectivity index (χ3n) is 3.93. The van der Waals surface area contributed by atoms with Gasteiger partial charge in [-0.2, -0.15) is 4.98 Å². The van der Waals surface area contributed by atoms with Crippen LogP contribution in [-0.4, -0.2) is 41.7 Å². The molecule has 0 atom stereocenters. The van der Waals surface area contributed by atoms with Crippen LogP contribution in [-0.2, 0) is 19.9 Å². The topological polar surface area (TPSA) is 30.3 Å². The van der Waals surface area contributed by atoms with Crippen molar-refractivity contribution in [3.8, 4) is 5.88 Å². The zero-order chi connectivity index (χ0) is 12.7. The highest BCUT2D eigenvalue weighted by molar-refractivity contribution is 5.83. The predicted octanol–water partition coefficient (Wildman–Crippen LogP) is 1.61. The molecule has 1 aliphatic rings. The number of aromatic nitrogens is 2. The number of pyridine rings is 1. The number of fused-ring (bicyclic) bond motifs is 3. The van der Waals surface area contributed by atoms with Gasteiger partial charge in [-0.05, 0) is 25.1 Å². The number of aryl methyl sites for hydroxylation is 1. The molecule has 2 aromatic rings. The summed E-state index contributed by atoms with van der Waals surface area (Å²) in [6, 6.07) is 4.10. The van der Waals surface area contributed by atoms with E-state index in [0.717, 1.165) is 31.6 Å². The lowest BCUT2D eigenvalue weighted by Gasteiger charge is -2.12. The molecule has 0 unspecified atom stereocenters. The molecule has 0 aromatic carbocycles. The quantitative estimate of drug-likeness (QED) is 0.764. The average Bonchev–Trinajstić information content (AvgIpc) is 2.53. The Kier molecular flexibility index (Phi) is 2.74. The van der Waals surface area contributed by atoms with Crippen LogP contribution in [0.25, 0.3) is 11.0 Å². The molecule has 0 spiro atoms. The van der Waals surface area contributed by atoms with Crippen LogP contribution in [0.5, 0.6) is 5.88 Å². The van der Waals surface area contributed by atoms with Gasteiger partial charge in [0.2, 0.25) is 5.88 Å². The minimum absolute atomic E-state index is 0.690. The number of nitrogens with zero attached hydrogens (tertiary/aromatic N) is 3. The minimum atomic E-state index is 0.690. The summed E-state index contributed by atoms with van der Waals surface area (Å²) in [5.41, 5.74) is 3.94. The Labute approximate surface area is 107 Å². The minimum Gasteiger partial charge on any atom is -0.481 e. The van der Waals surface area contributed by atoms with Crippen molar-refractivity contribution in [3.05, 3.63) is 23.4 Å². The maximum atomic E-state index is 5.22. The Morgan fingerprint density at radius 2 is 1.94 bits per heavy atom. The summed E-state index contributed by atoms with van der Waals surface area (Å²) in [5, 5.41) is 1.28. The molecule has 4 nitrogen and oxygen atoms in total. The number of rotatable bonds is 1. The van der Waals surface area contributed by atoms with Crippen molar-refractivity contribution >= 4 is 11.0 Å². The van der Waals surface area contributed by atoms with Crippen molar-refractivity contribution in [1.29, 1.82) is 0 Å². The molecule has 2 aromatic heterocycles. The second-order valence-electron chi connectivity index (χ2n) is 5.01. The summed E-state index contributed by atoms with van der Waals surface area (Å²) in [5.74, 6) is 0.690. The van der Waals surface area contributed by atoms with Crippen LogP contribution >= 0.6 is 0 Å². The molecule has 0 saturated carbocycles. The van der Waals surface area contributed by atoms with E-state index in [2.05, 4.69) is 34.6 Å². The van der Waals surface area contributed by atoms with Crippen LogP contribution in [0, 0.1) is 0 Å². The van der Waals surface area contributed by atoms with Crippen molar-refractivity contribution in [1.82, 2.24) is 14.5 Å². The van der Waals surface area contributed by atoms with Crippen LogP contribution < -0.4 is 4.74 Å². The van der Waals surface area contributed by atoms with E-state index in [-0.39, 0.29) is 0 Å². The zero-order valence-corrected chi connectivity index (χ0v) is 11.2. The molecular weight excluding hydrogens is 226 g/mol. The fourth-order valence-electron chi connectivity index (χ4n) is 2.83. The van der Waals surface area contributed by atoms with Crippen LogP contribution in [0.15, 0.2) is 12.1 Å². The van der Waals surface area contributed by atoms with Gasteiger partial charge >= 0.3 is 0 Å². The standard InChI is InChI=1S/C14H19N3O/c1-16-8-6-10-11-4-5-13(18-3)15-14(11)17(2)12(10)7-9-16/h4-5H,6-9H2,1-3H3. The molecule has 0 amide bonds. The molecular formula is C14H19N3O. The van der Waals surface area contributed by atoms with Crippen LogP contribution in [0.3, 0.4) is 0 Å². The Morgan fingerprint density at radius 1 is 1.17 bits per heavy atom. The maximum absolute atomic E-state index is 5.22. The number of hydrogen-bond acceptors (Lipinski definition) is 3. The molecule has 3 rings (SSSR count). The number of methoxy groups -OCH3 is 1. The van der Waals surface area contributed by atoms with E-state index in [1.54, 1.807) is 7.11 Å². The van der Waals surface area contributed by atoms with Gasteiger partial charge in [0.15, 0.2) is 0 Å². The Morgan fingerprint density at radius 3 is 2.72 bits per heavy atom. The lowest BCUT2D eigenvalue weighted by molar-refractivity contribution is 0.351. The first kappa shape index (κ1) is 11.5. The highest BCUT2D eigenvalue weighted by Crippen LogP contribution is 2.28. The van der Waals surface area contributed by atoms with E-state index in [1.807, 2.05) is 6.07 Å². The van der Waals surface area contributed by atoms with Crippen molar-refractivity contribution < 1.29 is 4.74 Å². The molecule has 0 bridgehead atoms. The summed E-state index contributed by atoms with van der Waals surface area (Å²) in [7, 11) is 5.96. The van der Waals surface area contributed by atoms with Gasteiger partial charge in [-0.25, -0.2) is 0 Å². The molecule has 18 heavy (non-hydrogen) atoms. The Balaban J connectivity index is 2.19. The van der Waals surface area contributed by atoms with Crippen LogP contribution in [0.1, 0.15) is 11.3 Å². The molecule has 0 saturated heterocycles. The third kappa shape index (κ3) is 1.68. The normalized spacial score (nSPS) is 16.6. The molecule has 0 radical (unpaired) electrons. The number of likely N-dealkylation sites (N-methyl/N-ethyl adjacent to an activating group) is 1. The van der Waals surface area contributed by atoms with E-state index in [0.29, 0.717) is 5.88 Å². The van der Waals surface area contributed by atoms with Crippen molar-refractivity contribution in [3.63, 3.8) is 0 Å². The van der Waals surface area contributed by atoms with Crippen LogP contribution in [0.2, 0.25) is 0 Å². The third-order valence-corrected chi connectivity index (χ3v) is 3.93.